The third kappa shape index (κ3) is 3.74. The van der Waals surface area contributed by atoms with Crippen molar-refractivity contribution in [1.29, 1.82) is 0 Å². The van der Waals surface area contributed by atoms with Gasteiger partial charge in [0, 0.05) is 6.04 Å². The summed E-state index contributed by atoms with van der Waals surface area (Å²) in [4.78, 5) is 0. The zero-order valence-electron chi connectivity index (χ0n) is 10.6. The molecule has 0 aliphatic heterocycles. The van der Waals surface area contributed by atoms with Gasteiger partial charge in [-0.05, 0) is 51.4 Å². The Morgan fingerprint density at radius 1 is 1.31 bits per heavy atom. The maximum atomic E-state index is 11.7. The van der Waals surface area contributed by atoms with E-state index in [1.807, 2.05) is 0 Å². The summed E-state index contributed by atoms with van der Waals surface area (Å²) in [7, 11) is -2.89. The average Bonchev–Trinajstić information content (AvgIpc) is 2.19. The Labute approximate surface area is 99.7 Å². The van der Waals surface area contributed by atoms with Gasteiger partial charge in [-0.1, -0.05) is 6.92 Å². The molecule has 0 amide bonds. The van der Waals surface area contributed by atoms with E-state index in [9.17, 15) is 8.42 Å². The van der Waals surface area contributed by atoms with Crippen LogP contribution in [-0.4, -0.2) is 25.5 Å². The highest BCUT2D eigenvalue weighted by Crippen LogP contribution is 2.30. The van der Waals surface area contributed by atoms with E-state index in [2.05, 4.69) is 6.92 Å². The van der Waals surface area contributed by atoms with Crippen molar-refractivity contribution in [2.24, 2.45) is 17.6 Å². The smallest absolute Gasteiger partial charge is 0.152 e. The third-order valence-corrected chi connectivity index (χ3v) is 6.04. The Balaban J connectivity index is 2.48. The molecule has 2 N–H and O–H groups in total. The van der Waals surface area contributed by atoms with Gasteiger partial charge in [0.15, 0.2) is 9.84 Å². The SMILES string of the molecule is CC1CCC(N)C(CCS(=O)(=O)C(C)C)C1. The average molecular weight is 247 g/mol. The molecule has 0 radical (unpaired) electrons. The second kappa shape index (κ2) is 5.50. The van der Waals surface area contributed by atoms with Gasteiger partial charge in [-0.25, -0.2) is 8.42 Å². The maximum Gasteiger partial charge on any atom is 0.152 e. The summed E-state index contributed by atoms with van der Waals surface area (Å²) >= 11 is 0. The Morgan fingerprint density at radius 3 is 2.50 bits per heavy atom. The second-order valence-corrected chi connectivity index (χ2v) is 8.22. The van der Waals surface area contributed by atoms with E-state index in [0.717, 1.165) is 19.3 Å². The highest BCUT2D eigenvalue weighted by atomic mass is 32.2. The predicted molar refractivity (Wildman–Crippen MR) is 68.0 cm³/mol. The Kier molecular flexibility index (Phi) is 4.80. The number of hydrogen-bond donors (Lipinski definition) is 1. The van der Waals surface area contributed by atoms with Crippen LogP contribution in [0.25, 0.3) is 0 Å². The highest BCUT2D eigenvalue weighted by Gasteiger charge is 2.27. The molecular formula is C12H25NO2S. The molecule has 1 aliphatic rings. The van der Waals surface area contributed by atoms with Gasteiger partial charge in [-0.3, -0.25) is 0 Å². The summed E-state index contributed by atoms with van der Waals surface area (Å²) in [5.41, 5.74) is 6.05. The molecule has 1 rings (SSSR count). The number of sulfone groups is 1. The van der Waals surface area contributed by atoms with Crippen LogP contribution in [0.15, 0.2) is 0 Å². The first-order valence-corrected chi connectivity index (χ1v) is 8.01. The van der Waals surface area contributed by atoms with E-state index in [1.54, 1.807) is 13.8 Å². The summed E-state index contributed by atoms with van der Waals surface area (Å²) in [6, 6.07) is 0.207. The molecule has 3 nitrogen and oxygen atoms in total. The zero-order valence-corrected chi connectivity index (χ0v) is 11.5. The first-order chi connectivity index (χ1) is 7.33. The molecule has 96 valence electrons. The number of nitrogens with two attached hydrogens (primary N) is 1. The van der Waals surface area contributed by atoms with Gasteiger partial charge in [0.05, 0.1) is 11.0 Å². The van der Waals surface area contributed by atoms with Gasteiger partial charge in [0.1, 0.15) is 0 Å². The largest absolute Gasteiger partial charge is 0.327 e. The van der Waals surface area contributed by atoms with Crippen molar-refractivity contribution < 1.29 is 8.42 Å². The molecule has 1 fully saturated rings. The molecular weight excluding hydrogens is 222 g/mol. The Morgan fingerprint density at radius 2 is 1.94 bits per heavy atom. The van der Waals surface area contributed by atoms with Crippen molar-refractivity contribution in [3.05, 3.63) is 0 Å². The molecule has 3 atom stereocenters. The fourth-order valence-electron chi connectivity index (χ4n) is 2.41. The summed E-state index contributed by atoms with van der Waals surface area (Å²) in [5, 5.41) is -0.260. The van der Waals surface area contributed by atoms with Crippen molar-refractivity contribution in [3.8, 4) is 0 Å². The lowest BCUT2D eigenvalue weighted by atomic mass is 9.78. The van der Waals surface area contributed by atoms with Crippen molar-refractivity contribution >= 4 is 9.84 Å². The van der Waals surface area contributed by atoms with Crippen LogP contribution in [0.4, 0.5) is 0 Å². The van der Waals surface area contributed by atoms with Gasteiger partial charge in [0.25, 0.3) is 0 Å². The third-order valence-electron chi connectivity index (χ3n) is 3.79. The molecule has 0 saturated heterocycles. The first kappa shape index (κ1) is 14.0. The minimum absolute atomic E-state index is 0.207. The van der Waals surface area contributed by atoms with Crippen LogP contribution in [-0.2, 0) is 9.84 Å². The second-order valence-electron chi connectivity index (χ2n) is 5.55. The van der Waals surface area contributed by atoms with Gasteiger partial charge in [-0.2, -0.15) is 0 Å². The molecule has 0 bridgehead atoms. The first-order valence-electron chi connectivity index (χ1n) is 6.30. The lowest BCUT2D eigenvalue weighted by molar-refractivity contribution is 0.241. The molecule has 0 heterocycles. The van der Waals surface area contributed by atoms with E-state index >= 15 is 0 Å². The van der Waals surface area contributed by atoms with Crippen molar-refractivity contribution in [2.75, 3.05) is 5.75 Å². The lowest BCUT2D eigenvalue weighted by Crippen LogP contribution is -2.37. The van der Waals surface area contributed by atoms with Gasteiger partial charge >= 0.3 is 0 Å². The highest BCUT2D eigenvalue weighted by molar-refractivity contribution is 7.91. The molecule has 1 saturated carbocycles. The Bertz CT molecular complexity index is 311. The van der Waals surface area contributed by atoms with E-state index in [-0.39, 0.29) is 11.3 Å². The van der Waals surface area contributed by atoms with Crippen LogP contribution in [0, 0.1) is 11.8 Å². The summed E-state index contributed by atoms with van der Waals surface area (Å²) in [6.07, 6.45) is 4.07. The van der Waals surface area contributed by atoms with Crippen molar-refractivity contribution in [3.63, 3.8) is 0 Å². The molecule has 3 unspecified atom stereocenters. The number of hydrogen-bond acceptors (Lipinski definition) is 3. The minimum Gasteiger partial charge on any atom is -0.327 e. The summed E-state index contributed by atoms with van der Waals surface area (Å²) < 4.78 is 23.4. The molecule has 4 heteroatoms. The Hall–Kier alpha value is -0.0900. The monoisotopic (exact) mass is 247 g/mol. The van der Waals surface area contributed by atoms with Crippen LogP contribution in [0.1, 0.15) is 46.5 Å². The van der Waals surface area contributed by atoms with E-state index in [4.69, 9.17) is 5.73 Å². The molecule has 16 heavy (non-hydrogen) atoms. The number of rotatable bonds is 4. The lowest BCUT2D eigenvalue weighted by Gasteiger charge is -2.32. The van der Waals surface area contributed by atoms with Crippen LogP contribution >= 0.6 is 0 Å². The molecule has 0 spiro atoms. The van der Waals surface area contributed by atoms with E-state index in [1.165, 1.54) is 6.42 Å². The van der Waals surface area contributed by atoms with Gasteiger partial charge < -0.3 is 5.73 Å². The van der Waals surface area contributed by atoms with Gasteiger partial charge in [-0.15, -0.1) is 0 Å². The standard InChI is InChI=1S/C12H25NO2S/c1-9(2)16(14,15)7-6-11-8-10(3)4-5-12(11)13/h9-12H,4-8,13H2,1-3H3. The normalized spacial score (nSPS) is 31.9. The summed E-state index contributed by atoms with van der Waals surface area (Å²) in [6.45, 7) is 5.73. The van der Waals surface area contributed by atoms with Crippen LogP contribution < -0.4 is 5.73 Å². The molecule has 0 aromatic rings. The fraction of sp³-hybridized carbons (Fsp3) is 1.00. The molecule has 1 aliphatic carbocycles. The molecule has 0 aromatic heterocycles. The van der Waals surface area contributed by atoms with Crippen molar-refractivity contribution in [1.82, 2.24) is 0 Å². The minimum atomic E-state index is -2.89. The maximum absolute atomic E-state index is 11.7. The zero-order chi connectivity index (χ0) is 12.3. The van der Waals surface area contributed by atoms with Crippen LogP contribution in [0.3, 0.4) is 0 Å². The van der Waals surface area contributed by atoms with Crippen LogP contribution in [0.2, 0.25) is 0 Å². The quantitative estimate of drug-likeness (QED) is 0.826. The van der Waals surface area contributed by atoms with Gasteiger partial charge in [0.2, 0.25) is 0 Å². The van der Waals surface area contributed by atoms with E-state index < -0.39 is 9.84 Å². The fourth-order valence-corrected chi connectivity index (χ4v) is 3.51. The topological polar surface area (TPSA) is 60.2 Å². The van der Waals surface area contributed by atoms with Crippen molar-refractivity contribution in [2.45, 2.75) is 57.7 Å². The van der Waals surface area contributed by atoms with E-state index in [0.29, 0.717) is 17.6 Å². The molecule has 0 aromatic carbocycles. The van der Waals surface area contributed by atoms with Crippen LogP contribution in [0.5, 0.6) is 0 Å². The summed E-state index contributed by atoms with van der Waals surface area (Å²) in [5.74, 6) is 1.40. The predicted octanol–water partition coefficient (Wildman–Crippen LogP) is 1.96.